The summed E-state index contributed by atoms with van der Waals surface area (Å²) in [5, 5.41) is 8.90. The van der Waals surface area contributed by atoms with Gasteiger partial charge in [0.15, 0.2) is 0 Å². The Kier molecular flexibility index (Phi) is 5.21. The fourth-order valence-electron chi connectivity index (χ4n) is 1.52. The van der Waals surface area contributed by atoms with Crippen molar-refractivity contribution in [2.24, 2.45) is 0 Å². The van der Waals surface area contributed by atoms with E-state index in [1.54, 1.807) is 6.07 Å². The molecule has 0 fully saturated rings. The standard InChI is InChI=1S/C14H20N2OS/c1-5-13(16-18(17)14(2,3)4)12-8-6-7-11(9-12)10-15/h6-9,13,16H,5H2,1-4H3/t13?,18-/m0/s1. The molecule has 0 saturated carbocycles. The molecule has 4 heteroatoms. The normalized spacial score (nSPS) is 14.9. The second-order valence-electron chi connectivity index (χ2n) is 5.20. The molecule has 0 amide bonds. The lowest BCUT2D eigenvalue weighted by molar-refractivity contribution is 0.519. The highest BCUT2D eigenvalue weighted by atomic mass is 32.2. The van der Waals surface area contributed by atoms with E-state index in [1.807, 2.05) is 45.9 Å². The highest BCUT2D eigenvalue weighted by molar-refractivity contribution is 7.90. The maximum Gasteiger partial charge on any atom is 0.136 e. The van der Waals surface area contributed by atoms with E-state index in [9.17, 15) is 4.55 Å². The van der Waals surface area contributed by atoms with Gasteiger partial charge in [-0.3, -0.25) is 0 Å². The van der Waals surface area contributed by atoms with Gasteiger partial charge in [-0.2, -0.15) is 5.26 Å². The fourth-order valence-corrected chi connectivity index (χ4v) is 2.43. The van der Waals surface area contributed by atoms with Crippen molar-refractivity contribution >= 4 is 11.4 Å². The van der Waals surface area contributed by atoms with E-state index >= 15 is 0 Å². The van der Waals surface area contributed by atoms with E-state index in [0.717, 1.165) is 12.0 Å². The van der Waals surface area contributed by atoms with Gasteiger partial charge in [0.05, 0.1) is 17.7 Å². The molecule has 0 spiro atoms. The summed E-state index contributed by atoms with van der Waals surface area (Å²) in [6.45, 7) is 7.86. The third-order valence-corrected chi connectivity index (χ3v) is 4.24. The monoisotopic (exact) mass is 264 g/mol. The Balaban J connectivity index is 2.87. The number of hydrogen-bond donors (Lipinski definition) is 1. The SMILES string of the molecule is CCC(N[S@@+]([O-])C(C)(C)C)c1cccc(C#N)c1. The maximum absolute atomic E-state index is 12.1. The number of hydrogen-bond acceptors (Lipinski definition) is 3. The zero-order valence-electron chi connectivity index (χ0n) is 11.4. The molecule has 1 aromatic rings. The first-order valence-corrected chi connectivity index (χ1v) is 7.21. The van der Waals surface area contributed by atoms with Gasteiger partial charge in [0.25, 0.3) is 0 Å². The summed E-state index contributed by atoms with van der Waals surface area (Å²) in [7, 11) is 0. The quantitative estimate of drug-likeness (QED) is 0.850. The number of nitrogens with zero attached hydrogens (tertiary/aromatic N) is 1. The minimum Gasteiger partial charge on any atom is -0.598 e. The van der Waals surface area contributed by atoms with Crippen LogP contribution >= 0.6 is 0 Å². The first-order chi connectivity index (χ1) is 8.38. The minimum absolute atomic E-state index is 0.0124. The highest BCUT2D eigenvalue weighted by Crippen LogP contribution is 2.22. The molecule has 1 rings (SSSR count). The van der Waals surface area contributed by atoms with E-state index in [1.165, 1.54) is 0 Å². The van der Waals surface area contributed by atoms with Gasteiger partial charge < -0.3 is 4.55 Å². The lowest BCUT2D eigenvalue weighted by Crippen LogP contribution is -2.41. The molecule has 0 aliphatic heterocycles. The molecule has 0 aliphatic rings. The minimum atomic E-state index is -1.11. The largest absolute Gasteiger partial charge is 0.598 e. The van der Waals surface area contributed by atoms with Crippen LogP contribution in [0.1, 0.15) is 51.3 Å². The molecule has 98 valence electrons. The molecule has 1 N–H and O–H groups in total. The molecule has 0 bridgehead atoms. The Bertz CT molecular complexity index is 434. The smallest absolute Gasteiger partial charge is 0.136 e. The molecule has 2 atom stereocenters. The van der Waals surface area contributed by atoms with Crippen molar-refractivity contribution in [3.8, 4) is 6.07 Å². The summed E-state index contributed by atoms with van der Waals surface area (Å²) in [5.41, 5.74) is 1.64. The van der Waals surface area contributed by atoms with Crippen LogP contribution in [0.3, 0.4) is 0 Å². The number of benzene rings is 1. The van der Waals surface area contributed by atoms with Crippen molar-refractivity contribution in [1.29, 1.82) is 5.26 Å². The molecule has 0 saturated heterocycles. The Morgan fingerprint density at radius 3 is 2.61 bits per heavy atom. The van der Waals surface area contributed by atoms with Gasteiger partial charge in [-0.15, -0.1) is 4.72 Å². The van der Waals surface area contributed by atoms with Crippen molar-refractivity contribution < 1.29 is 4.55 Å². The van der Waals surface area contributed by atoms with Crippen LogP contribution in [0.4, 0.5) is 0 Å². The Hall–Kier alpha value is -1.02. The van der Waals surface area contributed by atoms with Gasteiger partial charge in [0, 0.05) is 11.4 Å². The van der Waals surface area contributed by atoms with Gasteiger partial charge >= 0.3 is 0 Å². The van der Waals surface area contributed by atoms with Crippen LogP contribution in [0.5, 0.6) is 0 Å². The topological polar surface area (TPSA) is 58.9 Å². The fraction of sp³-hybridized carbons (Fsp3) is 0.500. The average Bonchev–Trinajstić information content (AvgIpc) is 2.34. The lowest BCUT2D eigenvalue weighted by Gasteiger charge is -2.27. The third-order valence-electron chi connectivity index (χ3n) is 2.63. The Labute approximate surface area is 113 Å². The zero-order chi connectivity index (χ0) is 13.8. The molecule has 0 aromatic heterocycles. The maximum atomic E-state index is 12.1. The Morgan fingerprint density at radius 2 is 2.11 bits per heavy atom. The van der Waals surface area contributed by atoms with E-state index < -0.39 is 11.4 Å². The number of rotatable bonds is 4. The summed E-state index contributed by atoms with van der Waals surface area (Å²) >= 11 is -1.11. The van der Waals surface area contributed by atoms with Crippen molar-refractivity contribution in [2.45, 2.75) is 44.9 Å². The number of nitriles is 1. The summed E-state index contributed by atoms with van der Waals surface area (Å²) in [6, 6.07) is 9.58. The second kappa shape index (κ2) is 6.24. The predicted molar refractivity (Wildman–Crippen MR) is 75.2 cm³/mol. The lowest BCUT2D eigenvalue weighted by atomic mass is 10.0. The van der Waals surface area contributed by atoms with Crippen LogP contribution in [0, 0.1) is 11.3 Å². The molecular formula is C14H20N2OS. The van der Waals surface area contributed by atoms with Crippen molar-refractivity contribution in [1.82, 2.24) is 4.72 Å². The average molecular weight is 264 g/mol. The van der Waals surface area contributed by atoms with E-state index in [-0.39, 0.29) is 10.8 Å². The van der Waals surface area contributed by atoms with Gasteiger partial charge in [-0.25, -0.2) is 0 Å². The van der Waals surface area contributed by atoms with Gasteiger partial charge in [0.2, 0.25) is 0 Å². The second-order valence-corrected chi connectivity index (χ2v) is 7.19. The number of nitrogens with one attached hydrogen (secondary N) is 1. The van der Waals surface area contributed by atoms with Crippen LogP contribution in [0.25, 0.3) is 0 Å². The van der Waals surface area contributed by atoms with Gasteiger partial charge in [0.1, 0.15) is 4.75 Å². The molecule has 0 aliphatic carbocycles. The molecule has 18 heavy (non-hydrogen) atoms. The van der Waals surface area contributed by atoms with Gasteiger partial charge in [-0.1, -0.05) is 19.1 Å². The van der Waals surface area contributed by atoms with E-state index in [0.29, 0.717) is 5.56 Å². The van der Waals surface area contributed by atoms with E-state index in [4.69, 9.17) is 5.26 Å². The molecular weight excluding hydrogens is 244 g/mol. The van der Waals surface area contributed by atoms with E-state index in [2.05, 4.69) is 10.8 Å². The van der Waals surface area contributed by atoms with Crippen LogP contribution in [-0.2, 0) is 11.4 Å². The zero-order valence-corrected chi connectivity index (χ0v) is 12.2. The van der Waals surface area contributed by atoms with Crippen LogP contribution in [-0.4, -0.2) is 9.30 Å². The predicted octanol–water partition coefficient (Wildman–Crippen LogP) is 3.06. The molecule has 0 radical (unpaired) electrons. The summed E-state index contributed by atoms with van der Waals surface area (Å²) < 4.78 is 14.9. The van der Waals surface area contributed by atoms with Crippen LogP contribution < -0.4 is 4.72 Å². The third kappa shape index (κ3) is 4.02. The van der Waals surface area contributed by atoms with Crippen LogP contribution in [0.15, 0.2) is 24.3 Å². The molecule has 1 unspecified atom stereocenters. The molecule has 0 heterocycles. The van der Waals surface area contributed by atoms with Crippen molar-refractivity contribution in [3.63, 3.8) is 0 Å². The summed E-state index contributed by atoms with van der Waals surface area (Å²) in [4.78, 5) is 0. The van der Waals surface area contributed by atoms with Crippen molar-refractivity contribution in [3.05, 3.63) is 35.4 Å². The Morgan fingerprint density at radius 1 is 1.44 bits per heavy atom. The molecule has 3 nitrogen and oxygen atoms in total. The van der Waals surface area contributed by atoms with Crippen molar-refractivity contribution in [2.75, 3.05) is 0 Å². The summed E-state index contributed by atoms with van der Waals surface area (Å²) in [6.07, 6.45) is 0.830. The first kappa shape index (κ1) is 15.0. The highest BCUT2D eigenvalue weighted by Gasteiger charge is 2.29. The van der Waals surface area contributed by atoms with Gasteiger partial charge in [-0.05, 0) is 44.9 Å². The van der Waals surface area contributed by atoms with Crippen LogP contribution in [0.2, 0.25) is 0 Å². The molecule has 1 aromatic carbocycles. The summed E-state index contributed by atoms with van der Waals surface area (Å²) in [5.74, 6) is 0. The first-order valence-electron chi connectivity index (χ1n) is 6.06.